The molecule has 0 saturated heterocycles. The van der Waals surface area contributed by atoms with Crippen molar-refractivity contribution in [2.75, 3.05) is 6.54 Å². The lowest BCUT2D eigenvalue weighted by molar-refractivity contribution is 0.0954. The number of carbonyl (C=O) groups excluding carboxylic acids is 1. The molecule has 0 radical (unpaired) electrons. The molecule has 0 bridgehead atoms. The van der Waals surface area contributed by atoms with E-state index in [-0.39, 0.29) is 5.91 Å². The molecule has 0 aliphatic heterocycles. The third-order valence-corrected chi connectivity index (χ3v) is 4.40. The second kappa shape index (κ2) is 7.23. The molecule has 4 nitrogen and oxygen atoms in total. The van der Waals surface area contributed by atoms with Crippen LogP contribution in [0.5, 0.6) is 0 Å². The first-order chi connectivity index (χ1) is 12.8. The molecule has 4 aromatic rings. The minimum Gasteiger partial charge on any atom is -0.352 e. The number of nitrogens with one attached hydrogen (secondary N) is 2. The van der Waals surface area contributed by atoms with Gasteiger partial charge in [0.2, 0.25) is 0 Å². The van der Waals surface area contributed by atoms with E-state index in [1.807, 2.05) is 54.9 Å². The highest BCUT2D eigenvalue weighted by atomic mass is 16.1. The third-order valence-electron chi connectivity index (χ3n) is 4.40. The highest BCUT2D eigenvalue weighted by Crippen LogP contribution is 2.23. The van der Waals surface area contributed by atoms with Crippen LogP contribution < -0.4 is 5.32 Å². The zero-order chi connectivity index (χ0) is 17.8. The maximum Gasteiger partial charge on any atom is 0.251 e. The molecule has 0 atom stereocenters. The van der Waals surface area contributed by atoms with Crippen molar-refractivity contribution >= 4 is 16.9 Å². The number of nitrogens with zero attached hydrogens (tertiary/aromatic N) is 1. The summed E-state index contributed by atoms with van der Waals surface area (Å²) in [5.41, 5.74) is 4.99. The Labute approximate surface area is 151 Å². The van der Waals surface area contributed by atoms with Crippen LogP contribution in [-0.2, 0) is 6.42 Å². The minimum atomic E-state index is -0.0381. The van der Waals surface area contributed by atoms with E-state index >= 15 is 0 Å². The number of H-pyrrole nitrogens is 1. The number of hydrogen-bond donors (Lipinski definition) is 2. The van der Waals surface area contributed by atoms with E-state index in [9.17, 15) is 4.79 Å². The Morgan fingerprint density at radius 1 is 0.962 bits per heavy atom. The molecule has 26 heavy (non-hydrogen) atoms. The molecule has 0 aliphatic carbocycles. The molecule has 4 heteroatoms. The largest absolute Gasteiger partial charge is 0.352 e. The van der Waals surface area contributed by atoms with Crippen molar-refractivity contribution in [3.05, 3.63) is 90.3 Å². The molecule has 1 amide bonds. The van der Waals surface area contributed by atoms with E-state index in [2.05, 4.69) is 39.6 Å². The normalized spacial score (nSPS) is 10.8. The molecule has 0 fully saturated rings. The number of pyridine rings is 1. The average Bonchev–Trinajstić information content (AvgIpc) is 3.16. The molecule has 2 aromatic carbocycles. The summed E-state index contributed by atoms with van der Waals surface area (Å²) in [6.07, 6.45) is 4.56. The van der Waals surface area contributed by atoms with Gasteiger partial charge in [-0.3, -0.25) is 4.79 Å². The number of aromatic nitrogens is 2. The van der Waals surface area contributed by atoms with Crippen molar-refractivity contribution in [2.45, 2.75) is 6.42 Å². The Hall–Kier alpha value is -3.40. The van der Waals surface area contributed by atoms with Crippen LogP contribution in [-0.4, -0.2) is 22.4 Å². The summed E-state index contributed by atoms with van der Waals surface area (Å²) in [5, 5.41) is 4.07. The van der Waals surface area contributed by atoms with Crippen molar-refractivity contribution in [3.8, 4) is 11.1 Å². The maximum atomic E-state index is 12.1. The lowest BCUT2D eigenvalue weighted by Gasteiger charge is -2.08. The third kappa shape index (κ3) is 3.49. The number of fused-ring (bicyclic) bond motifs is 1. The van der Waals surface area contributed by atoms with Crippen LogP contribution in [0.3, 0.4) is 0 Å². The Kier molecular flexibility index (Phi) is 4.48. The summed E-state index contributed by atoms with van der Waals surface area (Å²) in [6.45, 7) is 0.603. The fourth-order valence-electron chi connectivity index (χ4n) is 3.02. The molecule has 0 spiro atoms. The van der Waals surface area contributed by atoms with Crippen LogP contribution in [0.25, 0.3) is 22.2 Å². The number of hydrogen-bond acceptors (Lipinski definition) is 2. The SMILES string of the molecule is O=C(NCCc1cccc(-c2cnc3[nH]ccc3c2)c1)c1ccccc1. The molecule has 2 aromatic heterocycles. The van der Waals surface area contributed by atoms with E-state index in [4.69, 9.17) is 0 Å². The highest BCUT2D eigenvalue weighted by Gasteiger charge is 2.05. The number of benzene rings is 2. The van der Waals surface area contributed by atoms with Gasteiger partial charge in [-0.25, -0.2) is 4.98 Å². The quantitative estimate of drug-likeness (QED) is 0.571. The number of amides is 1. The fraction of sp³-hybridized carbons (Fsp3) is 0.0909. The van der Waals surface area contributed by atoms with Gasteiger partial charge in [0.25, 0.3) is 5.91 Å². The predicted molar refractivity (Wildman–Crippen MR) is 104 cm³/mol. The van der Waals surface area contributed by atoms with E-state index in [0.29, 0.717) is 12.1 Å². The van der Waals surface area contributed by atoms with Gasteiger partial charge in [0.15, 0.2) is 0 Å². The van der Waals surface area contributed by atoms with Gasteiger partial charge in [0.05, 0.1) is 0 Å². The van der Waals surface area contributed by atoms with Gasteiger partial charge in [-0.1, -0.05) is 42.5 Å². The Morgan fingerprint density at radius 3 is 2.73 bits per heavy atom. The van der Waals surface area contributed by atoms with Crippen molar-refractivity contribution in [3.63, 3.8) is 0 Å². The van der Waals surface area contributed by atoms with Crippen LogP contribution in [0.15, 0.2) is 79.1 Å². The summed E-state index contributed by atoms with van der Waals surface area (Å²) < 4.78 is 0. The predicted octanol–water partition coefficient (Wildman–Crippen LogP) is 4.20. The van der Waals surface area contributed by atoms with Crippen LogP contribution in [0, 0.1) is 0 Å². The second-order valence-electron chi connectivity index (χ2n) is 6.21. The van der Waals surface area contributed by atoms with Gasteiger partial charge in [0, 0.05) is 35.5 Å². The standard InChI is InChI=1S/C22H19N3O/c26-22(17-6-2-1-3-7-17)24-11-9-16-5-4-8-18(13-16)20-14-19-10-12-23-21(19)25-15-20/h1-8,10,12-15H,9,11H2,(H,23,25)(H,24,26). The van der Waals surface area contributed by atoms with Gasteiger partial charge in [-0.15, -0.1) is 0 Å². The number of rotatable bonds is 5. The Morgan fingerprint density at radius 2 is 1.85 bits per heavy atom. The van der Waals surface area contributed by atoms with Crippen molar-refractivity contribution < 1.29 is 4.79 Å². The van der Waals surface area contributed by atoms with E-state index in [1.165, 1.54) is 5.56 Å². The van der Waals surface area contributed by atoms with Crippen molar-refractivity contribution in [1.29, 1.82) is 0 Å². The molecule has 0 aliphatic rings. The maximum absolute atomic E-state index is 12.1. The number of aromatic amines is 1. The lowest BCUT2D eigenvalue weighted by Crippen LogP contribution is -2.25. The summed E-state index contributed by atoms with van der Waals surface area (Å²) in [6, 6.07) is 21.8. The Balaban J connectivity index is 1.43. The van der Waals surface area contributed by atoms with Gasteiger partial charge in [-0.05, 0) is 41.8 Å². The van der Waals surface area contributed by atoms with E-state index < -0.39 is 0 Å². The van der Waals surface area contributed by atoms with Gasteiger partial charge >= 0.3 is 0 Å². The molecular weight excluding hydrogens is 322 g/mol. The minimum absolute atomic E-state index is 0.0381. The van der Waals surface area contributed by atoms with Crippen molar-refractivity contribution in [2.24, 2.45) is 0 Å². The summed E-state index contributed by atoms with van der Waals surface area (Å²) in [7, 11) is 0. The van der Waals surface area contributed by atoms with Gasteiger partial charge in [0.1, 0.15) is 5.65 Å². The van der Waals surface area contributed by atoms with E-state index in [1.54, 1.807) is 0 Å². The van der Waals surface area contributed by atoms with Crippen LogP contribution >= 0.6 is 0 Å². The van der Waals surface area contributed by atoms with Crippen LogP contribution in [0.2, 0.25) is 0 Å². The molecule has 2 N–H and O–H groups in total. The first-order valence-corrected chi connectivity index (χ1v) is 8.65. The molecular formula is C22H19N3O. The number of carbonyl (C=O) groups is 1. The highest BCUT2D eigenvalue weighted by molar-refractivity contribution is 5.94. The summed E-state index contributed by atoms with van der Waals surface area (Å²) in [5.74, 6) is -0.0381. The molecule has 0 saturated carbocycles. The summed E-state index contributed by atoms with van der Waals surface area (Å²) in [4.78, 5) is 19.7. The molecule has 0 unspecified atom stereocenters. The van der Waals surface area contributed by atoms with Gasteiger partial charge in [-0.2, -0.15) is 0 Å². The average molecular weight is 341 g/mol. The first-order valence-electron chi connectivity index (χ1n) is 8.65. The first kappa shape index (κ1) is 16.1. The topological polar surface area (TPSA) is 57.8 Å². The monoisotopic (exact) mass is 341 g/mol. The summed E-state index contributed by atoms with van der Waals surface area (Å²) >= 11 is 0. The van der Waals surface area contributed by atoms with Crippen molar-refractivity contribution in [1.82, 2.24) is 15.3 Å². The van der Waals surface area contributed by atoms with Crippen LogP contribution in [0.1, 0.15) is 15.9 Å². The molecule has 128 valence electrons. The molecule has 2 heterocycles. The zero-order valence-corrected chi connectivity index (χ0v) is 14.3. The zero-order valence-electron chi connectivity index (χ0n) is 14.3. The van der Waals surface area contributed by atoms with E-state index in [0.717, 1.165) is 28.6 Å². The van der Waals surface area contributed by atoms with Crippen LogP contribution in [0.4, 0.5) is 0 Å². The Bertz CT molecular complexity index is 1040. The molecule has 4 rings (SSSR count). The smallest absolute Gasteiger partial charge is 0.251 e. The fourth-order valence-corrected chi connectivity index (χ4v) is 3.02. The van der Waals surface area contributed by atoms with Gasteiger partial charge < -0.3 is 10.3 Å². The lowest BCUT2D eigenvalue weighted by atomic mass is 10.0. The second-order valence-corrected chi connectivity index (χ2v) is 6.21.